The molecule has 1 unspecified atom stereocenters. The molecule has 1 atom stereocenters. The van der Waals surface area contributed by atoms with Crippen molar-refractivity contribution in [1.29, 1.82) is 0 Å². The van der Waals surface area contributed by atoms with Gasteiger partial charge in [0.05, 0.1) is 11.1 Å². The van der Waals surface area contributed by atoms with Gasteiger partial charge < -0.3 is 15.0 Å². The van der Waals surface area contributed by atoms with Crippen molar-refractivity contribution in [2.75, 3.05) is 18.9 Å². The van der Waals surface area contributed by atoms with Crippen LogP contribution in [0, 0.1) is 6.92 Å². The number of aromatic nitrogens is 1. The Morgan fingerprint density at radius 3 is 2.77 bits per heavy atom. The van der Waals surface area contributed by atoms with Crippen LogP contribution in [0.4, 0.5) is 5.69 Å². The molecule has 2 aromatic carbocycles. The summed E-state index contributed by atoms with van der Waals surface area (Å²) in [6, 6.07) is 12.8. The smallest absolute Gasteiger partial charge is 0.339 e. The minimum absolute atomic E-state index is 0.414. The molecule has 1 N–H and O–H groups in total. The Hall–Kier alpha value is -2.96. The first-order chi connectivity index (χ1) is 14.8. The Balaban J connectivity index is 1.61. The highest BCUT2D eigenvalue weighted by Gasteiger charge is 2.28. The number of carbonyl (C=O) groups excluding carboxylic acids is 2. The highest BCUT2D eigenvalue weighted by Crippen LogP contribution is 2.29. The number of hydrogen-bond donors (Lipinski definition) is 1. The summed E-state index contributed by atoms with van der Waals surface area (Å²) in [7, 11) is 2.01. The van der Waals surface area contributed by atoms with Gasteiger partial charge in [-0.3, -0.25) is 9.78 Å². The summed E-state index contributed by atoms with van der Waals surface area (Å²) in [4.78, 5) is 32.9. The zero-order valence-electron chi connectivity index (χ0n) is 17.7. The molecule has 0 spiro atoms. The number of carbonyl (C=O) groups is 2. The van der Waals surface area contributed by atoms with Gasteiger partial charge >= 0.3 is 5.97 Å². The lowest BCUT2D eigenvalue weighted by atomic mass is 9.96. The summed E-state index contributed by atoms with van der Waals surface area (Å²) in [6.07, 6.45) is -0.212. The molecule has 1 aliphatic rings. The number of fused-ring (bicyclic) bond motifs is 2. The third kappa shape index (κ3) is 4.27. The van der Waals surface area contributed by atoms with Crippen LogP contribution in [0.5, 0.6) is 0 Å². The maximum atomic E-state index is 13.3. The summed E-state index contributed by atoms with van der Waals surface area (Å²) in [5, 5.41) is 4.09. The molecule has 0 aliphatic carbocycles. The van der Waals surface area contributed by atoms with E-state index in [0.29, 0.717) is 22.8 Å². The first-order valence-electron chi connectivity index (χ1n) is 10.2. The molecule has 0 fully saturated rings. The normalized spacial score (nSPS) is 14.7. The Bertz CT molecular complexity index is 1180. The fourth-order valence-electron chi connectivity index (χ4n) is 3.81. The number of hydrogen-bond acceptors (Lipinski definition) is 5. The van der Waals surface area contributed by atoms with Crippen LogP contribution in [0.25, 0.3) is 10.9 Å². The van der Waals surface area contributed by atoms with Gasteiger partial charge in [0.2, 0.25) is 0 Å². The first kappa shape index (κ1) is 21.3. The number of nitrogens with one attached hydrogen (secondary N) is 1. The number of amides is 1. The van der Waals surface area contributed by atoms with Crippen molar-refractivity contribution in [1.82, 2.24) is 9.88 Å². The lowest BCUT2D eigenvalue weighted by molar-refractivity contribution is -0.123. The molecular weight excluding hydrogens is 414 g/mol. The number of likely N-dealkylation sites (N-methyl/N-ethyl adjacent to an activating group) is 1. The summed E-state index contributed by atoms with van der Waals surface area (Å²) in [5.74, 6) is -0.932. The second-order valence-corrected chi connectivity index (χ2v) is 8.27. The molecule has 6 nitrogen and oxygen atoms in total. The topological polar surface area (TPSA) is 71.5 Å². The van der Waals surface area contributed by atoms with Gasteiger partial charge in [0.1, 0.15) is 0 Å². The predicted octanol–water partition coefficient (Wildman–Crippen LogP) is 4.37. The van der Waals surface area contributed by atoms with E-state index in [1.54, 1.807) is 25.1 Å². The molecule has 4 rings (SSSR count). The van der Waals surface area contributed by atoms with Crippen molar-refractivity contribution in [2.45, 2.75) is 32.9 Å². The molecule has 160 valence electrons. The molecule has 7 heteroatoms. The van der Waals surface area contributed by atoms with Gasteiger partial charge in [0, 0.05) is 46.9 Å². The minimum atomic E-state index is -0.977. The number of nitrogens with zero attached hydrogens (tertiary/aromatic N) is 2. The lowest BCUT2D eigenvalue weighted by Gasteiger charge is -2.27. The predicted molar refractivity (Wildman–Crippen MR) is 121 cm³/mol. The average molecular weight is 438 g/mol. The molecular formula is C24H24ClN3O3. The summed E-state index contributed by atoms with van der Waals surface area (Å²) in [6.45, 7) is 4.88. The van der Waals surface area contributed by atoms with Crippen LogP contribution in [-0.4, -0.2) is 41.5 Å². The maximum absolute atomic E-state index is 13.3. The molecule has 31 heavy (non-hydrogen) atoms. The van der Waals surface area contributed by atoms with Crippen molar-refractivity contribution in [3.63, 3.8) is 0 Å². The third-order valence-electron chi connectivity index (χ3n) is 5.62. The van der Waals surface area contributed by atoms with Gasteiger partial charge in [0.25, 0.3) is 5.91 Å². The molecule has 1 amide bonds. The Labute approximate surface area is 186 Å². The first-order valence-corrected chi connectivity index (χ1v) is 10.6. The van der Waals surface area contributed by atoms with E-state index >= 15 is 0 Å². The van der Waals surface area contributed by atoms with Crippen molar-refractivity contribution < 1.29 is 14.3 Å². The molecule has 0 saturated heterocycles. The molecule has 1 aliphatic heterocycles. The number of halogens is 1. The van der Waals surface area contributed by atoms with E-state index < -0.39 is 18.0 Å². The van der Waals surface area contributed by atoms with E-state index in [4.69, 9.17) is 21.3 Å². The Morgan fingerprint density at radius 2 is 1.97 bits per heavy atom. The largest absolute Gasteiger partial charge is 0.449 e. The van der Waals surface area contributed by atoms with Gasteiger partial charge in [-0.15, -0.1) is 0 Å². The van der Waals surface area contributed by atoms with E-state index in [0.717, 1.165) is 40.7 Å². The summed E-state index contributed by atoms with van der Waals surface area (Å²) >= 11 is 6.13. The van der Waals surface area contributed by atoms with E-state index in [1.807, 2.05) is 38.2 Å². The van der Waals surface area contributed by atoms with E-state index in [1.165, 1.54) is 0 Å². The average Bonchev–Trinajstić information content (AvgIpc) is 2.75. The van der Waals surface area contributed by atoms with Crippen molar-refractivity contribution in [3.8, 4) is 0 Å². The van der Waals surface area contributed by atoms with Crippen LogP contribution in [0.1, 0.15) is 34.1 Å². The number of pyridine rings is 1. The van der Waals surface area contributed by atoms with Crippen LogP contribution >= 0.6 is 11.6 Å². The molecule has 2 heterocycles. The number of rotatable bonds is 4. The second-order valence-electron chi connectivity index (χ2n) is 7.87. The van der Waals surface area contributed by atoms with Gasteiger partial charge in [-0.1, -0.05) is 35.9 Å². The fourth-order valence-corrected chi connectivity index (χ4v) is 3.98. The van der Waals surface area contributed by atoms with E-state index in [-0.39, 0.29) is 0 Å². The zero-order valence-corrected chi connectivity index (χ0v) is 18.5. The Kier molecular flexibility index (Phi) is 5.94. The molecule has 0 saturated carbocycles. The SMILES string of the molecule is Cc1c(Cl)cccc1NC(=O)C(C)OC(=O)c1c2c(nc3ccccc13)CCN(C)C2. The maximum Gasteiger partial charge on any atom is 0.339 e. The fraction of sp³-hybridized carbons (Fsp3) is 0.292. The number of benzene rings is 2. The van der Waals surface area contributed by atoms with Crippen LogP contribution in [0.15, 0.2) is 42.5 Å². The third-order valence-corrected chi connectivity index (χ3v) is 6.03. The second kappa shape index (κ2) is 8.65. The zero-order chi connectivity index (χ0) is 22.1. The standard InChI is InChI=1S/C24H24ClN3O3/c1-14-18(25)8-6-10-19(14)27-23(29)15(2)31-24(30)22-16-7-4-5-9-20(16)26-21-11-12-28(3)13-17(21)22/h4-10,15H,11-13H2,1-3H3,(H,27,29). The summed E-state index contributed by atoms with van der Waals surface area (Å²) < 4.78 is 5.62. The lowest BCUT2D eigenvalue weighted by Crippen LogP contribution is -2.32. The van der Waals surface area contributed by atoms with Crippen LogP contribution in [-0.2, 0) is 22.5 Å². The van der Waals surface area contributed by atoms with Crippen LogP contribution < -0.4 is 5.32 Å². The van der Waals surface area contributed by atoms with Crippen LogP contribution in [0.3, 0.4) is 0 Å². The highest BCUT2D eigenvalue weighted by molar-refractivity contribution is 6.31. The highest BCUT2D eigenvalue weighted by atomic mass is 35.5. The van der Waals surface area contributed by atoms with Gasteiger partial charge in [-0.2, -0.15) is 0 Å². The molecule has 0 radical (unpaired) electrons. The quantitative estimate of drug-likeness (QED) is 0.614. The van der Waals surface area contributed by atoms with E-state index in [9.17, 15) is 9.59 Å². The minimum Gasteiger partial charge on any atom is -0.449 e. The van der Waals surface area contributed by atoms with Crippen molar-refractivity contribution >= 4 is 40.1 Å². The van der Waals surface area contributed by atoms with Crippen LogP contribution in [0.2, 0.25) is 5.02 Å². The van der Waals surface area contributed by atoms with Crippen molar-refractivity contribution in [3.05, 3.63) is 69.9 Å². The van der Waals surface area contributed by atoms with Crippen molar-refractivity contribution in [2.24, 2.45) is 0 Å². The molecule has 0 bridgehead atoms. The summed E-state index contributed by atoms with van der Waals surface area (Å²) in [5.41, 5.74) is 4.38. The number of para-hydroxylation sites is 1. The van der Waals surface area contributed by atoms with E-state index in [2.05, 4.69) is 10.2 Å². The Morgan fingerprint density at radius 1 is 1.19 bits per heavy atom. The van der Waals surface area contributed by atoms with Gasteiger partial charge in [-0.05, 0) is 44.7 Å². The van der Waals surface area contributed by atoms with Gasteiger partial charge in [-0.25, -0.2) is 4.79 Å². The number of esters is 1. The number of anilines is 1. The van der Waals surface area contributed by atoms with Gasteiger partial charge in [0.15, 0.2) is 6.10 Å². The monoisotopic (exact) mass is 437 g/mol. The molecule has 1 aromatic heterocycles. The number of ether oxygens (including phenoxy) is 1. The molecule has 3 aromatic rings.